The topological polar surface area (TPSA) is 66.9 Å². The fraction of sp³-hybridized carbons (Fsp3) is 0.500. The Balaban J connectivity index is 2.22. The standard InChI is InChI=1S/C10H10ClF3N4O/c11-6-1-3-16-8(17-6)18-7(19)9(10(12,13)14)2-4-15-5-9/h1,3,15H,2,4-5H2,(H,16,17,18,19). The van der Waals surface area contributed by atoms with Gasteiger partial charge in [0.05, 0.1) is 0 Å². The normalized spacial score (nSPS) is 23.4. The maximum atomic E-state index is 13.1. The zero-order chi connectivity index (χ0) is 14.1. The van der Waals surface area contributed by atoms with Gasteiger partial charge in [-0.15, -0.1) is 0 Å². The summed E-state index contributed by atoms with van der Waals surface area (Å²) in [4.78, 5) is 19.2. The molecule has 0 aromatic carbocycles. The quantitative estimate of drug-likeness (QED) is 0.813. The summed E-state index contributed by atoms with van der Waals surface area (Å²) in [5, 5.41) is 4.65. The molecule has 19 heavy (non-hydrogen) atoms. The average Bonchev–Trinajstić information content (AvgIpc) is 2.78. The summed E-state index contributed by atoms with van der Waals surface area (Å²) in [5.41, 5.74) is -2.45. The number of halogens is 4. The maximum absolute atomic E-state index is 13.1. The lowest BCUT2D eigenvalue weighted by Crippen LogP contribution is -2.49. The molecule has 104 valence electrons. The lowest BCUT2D eigenvalue weighted by molar-refractivity contribution is -0.213. The molecule has 2 N–H and O–H groups in total. The summed E-state index contributed by atoms with van der Waals surface area (Å²) in [7, 11) is 0. The van der Waals surface area contributed by atoms with Crippen molar-refractivity contribution in [2.24, 2.45) is 5.41 Å². The number of hydrogen-bond donors (Lipinski definition) is 2. The lowest BCUT2D eigenvalue weighted by Gasteiger charge is -2.28. The number of anilines is 1. The first-order chi connectivity index (χ1) is 8.85. The Labute approximate surface area is 111 Å². The summed E-state index contributed by atoms with van der Waals surface area (Å²) in [5.74, 6) is -1.42. The first kappa shape index (κ1) is 14.0. The van der Waals surface area contributed by atoms with Gasteiger partial charge >= 0.3 is 6.18 Å². The number of nitrogens with zero attached hydrogens (tertiary/aromatic N) is 2. The second-order valence-corrected chi connectivity index (χ2v) is 4.55. The molecule has 0 bridgehead atoms. The van der Waals surface area contributed by atoms with E-state index in [0.717, 1.165) is 0 Å². The molecule has 0 radical (unpaired) electrons. The highest BCUT2D eigenvalue weighted by Gasteiger charge is 2.61. The first-order valence-electron chi connectivity index (χ1n) is 5.43. The molecule has 1 saturated heterocycles. The molecule has 1 fully saturated rings. The van der Waals surface area contributed by atoms with Gasteiger partial charge in [-0.3, -0.25) is 10.1 Å². The predicted octanol–water partition coefficient (Wildman–Crippen LogP) is 1.61. The van der Waals surface area contributed by atoms with Crippen LogP contribution in [0.1, 0.15) is 6.42 Å². The molecule has 1 aromatic heterocycles. The Morgan fingerprint density at radius 1 is 1.53 bits per heavy atom. The van der Waals surface area contributed by atoms with Crippen molar-refractivity contribution >= 4 is 23.5 Å². The fourth-order valence-corrected chi connectivity index (χ4v) is 2.01. The molecule has 1 aliphatic rings. The number of carbonyl (C=O) groups is 1. The van der Waals surface area contributed by atoms with Crippen LogP contribution in [0, 0.1) is 5.41 Å². The monoisotopic (exact) mass is 294 g/mol. The highest BCUT2D eigenvalue weighted by Crippen LogP contribution is 2.43. The first-order valence-corrected chi connectivity index (χ1v) is 5.80. The number of nitrogens with one attached hydrogen (secondary N) is 2. The van der Waals surface area contributed by atoms with Crippen molar-refractivity contribution < 1.29 is 18.0 Å². The van der Waals surface area contributed by atoms with E-state index in [2.05, 4.69) is 20.6 Å². The molecule has 1 aliphatic heterocycles. The van der Waals surface area contributed by atoms with E-state index in [-0.39, 0.29) is 24.1 Å². The van der Waals surface area contributed by atoms with E-state index in [0.29, 0.717) is 0 Å². The molecule has 0 aliphatic carbocycles. The van der Waals surface area contributed by atoms with Crippen molar-refractivity contribution in [1.82, 2.24) is 15.3 Å². The third-order valence-electron chi connectivity index (χ3n) is 2.98. The summed E-state index contributed by atoms with van der Waals surface area (Å²) in [6, 6.07) is 1.36. The predicted molar refractivity (Wildman–Crippen MR) is 61.6 cm³/mol. The Bertz CT molecular complexity index is 488. The highest BCUT2D eigenvalue weighted by atomic mass is 35.5. The molecular weight excluding hydrogens is 285 g/mol. The molecule has 5 nitrogen and oxygen atoms in total. The highest BCUT2D eigenvalue weighted by molar-refractivity contribution is 6.29. The van der Waals surface area contributed by atoms with Gasteiger partial charge < -0.3 is 5.32 Å². The van der Waals surface area contributed by atoms with E-state index in [1.54, 1.807) is 0 Å². The van der Waals surface area contributed by atoms with Crippen LogP contribution in [0.25, 0.3) is 0 Å². The largest absolute Gasteiger partial charge is 0.404 e. The summed E-state index contributed by atoms with van der Waals surface area (Å²) >= 11 is 5.58. The van der Waals surface area contributed by atoms with Gasteiger partial charge in [0, 0.05) is 12.7 Å². The minimum absolute atomic E-state index is 0.0379. The summed E-state index contributed by atoms with van der Waals surface area (Å²) in [6.07, 6.45) is -3.71. The van der Waals surface area contributed by atoms with E-state index in [1.807, 2.05) is 0 Å². The zero-order valence-electron chi connectivity index (χ0n) is 9.59. The van der Waals surface area contributed by atoms with Gasteiger partial charge in [0.2, 0.25) is 11.9 Å². The number of hydrogen-bond acceptors (Lipinski definition) is 4. The molecule has 0 saturated carbocycles. The molecule has 1 atom stereocenters. The van der Waals surface area contributed by atoms with Gasteiger partial charge in [0.25, 0.3) is 0 Å². The minimum Gasteiger partial charge on any atom is -0.315 e. The molecule has 2 heterocycles. The van der Waals surface area contributed by atoms with Gasteiger partial charge in [-0.1, -0.05) is 11.6 Å². The Hall–Kier alpha value is -1.41. The van der Waals surface area contributed by atoms with Crippen LogP contribution in [-0.4, -0.2) is 35.1 Å². The molecule has 0 spiro atoms. The molecule has 1 amide bonds. The van der Waals surface area contributed by atoms with Crippen molar-refractivity contribution in [2.75, 3.05) is 18.4 Å². The number of rotatable bonds is 2. The van der Waals surface area contributed by atoms with Crippen molar-refractivity contribution in [2.45, 2.75) is 12.6 Å². The van der Waals surface area contributed by atoms with E-state index in [9.17, 15) is 18.0 Å². The van der Waals surface area contributed by atoms with Crippen LogP contribution in [-0.2, 0) is 4.79 Å². The average molecular weight is 295 g/mol. The van der Waals surface area contributed by atoms with Crippen LogP contribution < -0.4 is 10.6 Å². The summed E-state index contributed by atoms with van der Waals surface area (Å²) < 4.78 is 39.2. The minimum atomic E-state index is -4.64. The van der Waals surface area contributed by atoms with E-state index >= 15 is 0 Å². The van der Waals surface area contributed by atoms with Crippen molar-refractivity contribution in [3.63, 3.8) is 0 Å². The van der Waals surface area contributed by atoms with Crippen LogP contribution in [0.2, 0.25) is 5.15 Å². The third kappa shape index (κ3) is 2.64. The molecule has 1 unspecified atom stereocenters. The molecule has 2 rings (SSSR count). The maximum Gasteiger partial charge on any atom is 0.404 e. The summed E-state index contributed by atoms with van der Waals surface area (Å²) in [6.45, 7) is -0.327. The van der Waals surface area contributed by atoms with Gasteiger partial charge in [-0.25, -0.2) is 9.97 Å². The fourth-order valence-electron chi connectivity index (χ4n) is 1.87. The Morgan fingerprint density at radius 3 is 2.79 bits per heavy atom. The van der Waals surface area contributed by atoms with Crippen molar-refractivity contribution in [3.05, 3.63) is 17.4 Å². The van der Waals surface area contributed by atoms with Crippen LogP contribution in [0.3, 0.4) is 0 Å². The van der Waals surface area contributed by atoms with E-state index < -0.39 is 24.0 Å². The number of amides is 1. The third-order valence-corrected chi connectivity index (χ3v) is 3.19. The Kier molecular flexibility index (Phi) is 3.64. The lowest BCUT2D eigenvalue weighted by atomic mass is 9.85. The number of alkyl halides is 3. The van der Waals surface area contributed by atoms with E-state index in [4.69, 9.17) is 11.6 Å². The molecule has 1 aromatic rings. The SMILES string of the molecule is O=C(Nc1nccc(Cl)n1)C1(C(F)(F)F)CCNC1. The second-order valence-electron chi connectivity index (χ2n) is 4.16. The van der Waals surface area contributed by atoms with Gasteiger partial charge in [0.1, 0.15) is 5.15 Å². The van der Waals surface area contributed by atoms with Crippen LogP contribution in [0.15, 0.2) is 12.3 Å². The van der Waals surface area contributed by atoms with Crippen LogP contribution in [0.5, 0.6) is 0 Å². The van der Waals surface area contributed by atoms with Crippen molar-refractivity contribution in [1.29, 1.82) is 0 Å². The Morgan fingerprint density at radius 2 is 2.26 bits per heavy atom. The smallest absolute Gasteiger partial charge is 0.315 e. The van der Waals surface area contributed by atoms with Gasteiger partial charge in [0.15, 0.2) is 5.41 Å². The zero-order valence-corrected chi connectivity index (χ0v) is 10.3. The number of carbonyl (C=O) groups excluding carboxylic acids is 1. The molecule has 9 heteroatoms. The second kappa shape index (κ2) is 4.93. The van der Waals surface area contributed by atoms with E-state index in [1.165, 1.54) is 12.3 Å². The van der Waals surface area contributed by atoms with Gasteiger partial charge in [-0.05, 0) is 19.0 Å². The van der Waals surface area contributed by atoms with Crippen LogP contribution in [0.4, 0.5) is 19.1 Å². The van der Waals surface area contributed by atoms with Crippen LogP contribution >= 0.6 is 11.6 Å². The molecular formula is C10H10ClF3N4O. The number of aromatic nitrogens is 2. The van der Waals surface area contributed by atoms with Crippen molar-refractivity contribution in [3.8, 4) is 0 Å². The van der Waals surface area contributed by atoms with Gasteiger partial charge in [-0.2, -0.15) is 13.2 Å².